The fourth-order valence-electron chi connectivity index (χ4n) is 3.82. The van der Waals surface area contributed by atoms with Crippen molar-refractivity contribution in [1.82, 2.24) is 9.62 Å². The Labute approximate surface area is 195 Å². The van der Waals surface area contributed by atoms with Gasteiger partial charge in [0.15, 0.2) is 9.84 Å². The van der Waals surface area contributed by atoms with Crippen LogP contribution in [0.2, 0.25) is 0 Å². The summed E-state index contributed by atoms with van der Waals surface area (Å²) in [5, 5.41) is 2.84. The zero-order valence-electron chi connectivity index (χ0n) is 19.1. The van der Waals surface area contributed by atoms with E-state index in [9.17, 15) is 21.6 Å². The molecule has 1 atom stereocenters. The van der Waals surface area contributed by atoms with E-state index < -0.39 is 31.8 Å². The van der Waals surface area contributed by atoms with Crippen LogP contribution in [0, 0.1) is 0 Å². The first kappa shape index (κ1) is 25.2. The molecule has 0 radical (unpaired) electrons. The van der Waals surface area contributed by atoms with E-state index in [2.05, 4.69) is 5.32 Å². The van der Waals surface area contributed by atoms with Crippen molar-refractivity contribution >= 4 is 25.8 Å². The molecule has 1 amide bonds. The van der Waals surface area contributed by atoms with Crippen molar-refractivity contribution in [2.45, 2.75) is 48.4 Å². The molecule has 0 spiro atoms. The minimum atomic E-state index is -3.72. The second-order valence-corrected chi connectivity index (χ2v) is 12.2. The summed E-state index contributed by atoms with van der Waals surface area (Å²) >= 11 is 0. The maximum absolute atomic E-state index is 13.2. The van der Waals surface area contributed by atoms with Gasteiger partial charge in [0.1, 0.15) is 5.75 Å². The molecule has 8 nitrogen and oxygen atoms in total. The van der Waals surface area contributed by atoms with Crippen LogP contribution in [-0.2, 0) is 19.9 Å². The second kappa shape index (κ2) is 10.2. The summed E-state index contributed by atoms with van der Waals surface area (Å²) in [4.78, 5) is 13.3. The van der Waals surface area contributed by atoms with Crippen LogP contribution < -0.4 is 10.1 Å². The van der Waals surface area contributed by atoms with Gasteiger partial charge in [-0.2, -0.15) is 4.31 Å². The molecule has 3 rings (SSSR count). The van der Waals surface area contributed by atoms with Gasteiger partial charge in [0, 0.05) is 19.3 Å². The molecule has 180 valence electrons. The first-order valence-electron chi connectivity index (χ1n) is 10.8. The lowest BCUT2D eigenvalue weighted by molar-refractivity contribution is 0.0936. The van der Waals surface area contributed by atoms with Gasteiger partial charge in [0.05, 0.1) is 28.5 Å². The smallest absolute Gasteiger partial charge is 0.255 e. The summed E-state index contributed by atoms with van der Waals surface area (Å²) in [5.41, 5.74) is 0.830. The highest BCUT2D eigenvalue weighted by Gasteiger charge is 2.27. The summed E-state index contributed by atoms with van der Waals surface area (Å²) in [6.45, 7) is 2.70. The molecule has 1 fully saturated rings. The first-order valence-corrected chi connectivity index (χ1v) is 14.2. The van der Waals surface area contributed by atoms with Gasteiger partial charge < -0.3 is 10.1 Å². The van der Waals surface area contributed by atoms with Gasteiger partial charge in [-0.15, -0.1) is 0 Å². The SMILES string of the molecule is COc1ccc(S(=O)(=O)N2CCCCCC2)cc1C(=O)N[C@H](C)c1ccc(S(C)(=O)=O)cc1. The summed E-state index contributed by atoms with van der Waals surface area (Å²) in [6.07, 6.45) is 4.78. The monoisotopic (exact) mass is 494 g/mol. The second-order valence-electron chi connectivity index (χ2n) is 8.22. The van der Waals surface area contributed by atoms with Crippen molar-refractivity contribution in [3.8, 4) is 5.75 Å². The number of carbonyl (C=O) groups excluding carboxylic acids is 1. The van der Waals surface area contributed by atoms with Gasteiger partial charge in [-0.25, -0.2) is 16.8 Å². The van der Waals surface area contributed by atoms with Crippen LogP contribution in [-0.4, -0.2) is 53.5 Å². The largest absolute Gasteiger partial charge is 0.496 e. The molecular weight excluding hydrogens is 464 g/mol. The van der Waals surface area contributed by atoms with E-state index in [1.54, 1.807) is 19.1 Å². The minimum Gasteiger partial charge on any atom is -0.496 e. The summed E-state index contributed by atoms with van der Waals surface area (Å²) in [7, 11) is -5.62. The molecule has 10 heteroatoms. The van der Waals surface area contributed by atoms with Crippen molar-refractivity contribution in [3.05, 3.63) is 53.6 Å². The van der Waals surface area contributed by atoms with Crippen LogP contribution in [0.1, 0.15) is 54.6 Å². The predicted molar refractivity (Wildman–Crippen MR) is 126 cm³/mol. The highest BCUT2D eigenvalue weighted by atomic mass is 32.2. The molecule has 0 unspecified atom stereocenters. The van der Waals surface area contributed by atoms with Crippen molar-refractivity contribution in [3.63, 3.8) is 0 Å². The number of nitrogens with one attached hydrogen (secondary N) is 1. The molecule has 1 aliphatic rings. The molecule has 1 N–H and O–H groups in total. The summed E-state index contributed by atoms with van der Waals surface area (Å²) in [5.74, 6) is -0.221. The Morgan fingerprint density at radius 1 is 0.939 bits per heavy atom. The zero-order valence-corrected chi connectivity index (χ0v) is 20.7. The lowest BCUT2D eigenvalue weighted by Crippen LogP contribution is -2.32. The van der Waals surface area contributed by atoms with E-state index in [0.29, 0.717) is 18.7 Å². The lowest BCUT2D eigenvalue weighted by Gasteiger charge is -2.21. The van der Waals surface area contributed by atoms with Crippen LogP contribution in [0.3, 0.4) is 0 Å². The number of hydrogen-bond donors (Lipinski definition) is 1. The number of amides is 1. The topological polar surface area (TPSA) is 110 Å². The molecule has 1 aliphatic heterocycles. The van der Waals surface area contributed by atoms with Crippen LogP contribution >= 0.6 is 0 Å². The number of rotatable bonds is 7. The molecule has 0 saturated carbocycles. The van der Waals surface area contributed by atoms with Crippen LogP contribution in [0.15, 0.2) is 52.3 Å². The molecule has 1 saturated heterocycles. The molecular formula is C23H30N2O6S2. The molecule has 0 bridgehead atoms. The fourth-order valence-corrected chi connectivity index (χ4v) is 5.99. The van der Waals surface area contributed by atoms with Gasteiger partial charge in [0.2, 0.25) is 10.0 Å². The standard InChI is InChI=1S/C23H30N2O6S2/c1-17(18-8-10-19(11-9-18)32(3,27)28)24-23(26)21-16-20(12-13-22(21)31-2)33(29,30)25-14-6-4-5-7-15-25/h8-13,16-17H,4-7,14-15H2,1-3H3,(H,24,26)/t17-/m1/s1. The van der Waals surface area contributed by atoms with Crippen LogP contribution in [0.5, 0.6) is 5.75 Å². The van der Waals surface area contributed by atoms with E-state index in [1.807, 2.05) is 0 Å². The average molecular weight is 495 g/mol. The Balaban J connectivity index is 1.84. The normalized spacial score (nSPS) is 16.6. The predicted octanol–water partition coefficient (Wildman–Crippen LogP) is 3.15. The van der Waals surface area contributed by atoms with Crippen LogP contribution in [0.25, 0.3) is 0 Å². The highest BCUT2D eigenvalue weighted by Crippen LogP contribution is 2.27. The molecule has 2 aromatic rings. The number of benzene rings is 2. The third-order valence-electron chi connectivity index (χ3n) is 5.77. The summed E-state index contributed by atoms with van der Waals surface area (Å²) < 4.78 is 56.5. The maximum atomic E-state index is 13.2. The van der Waals surface area contributed by atoms with E-state index in [4.69, 9.17) is 4.74 Å². The van der Waals surface area contributed by atoms with E-state index in [0.717, 1.165) is 31.9 Å². The number of ether oxygens (including phenoxy) is 1. The van der Waals surface area contributed by atoms with E-state index >= 15 is 0 Å². The van der Waals surface area contributed by atoms with Crippen LogP contribution in [0.4, 0.5) is 0 Å². The van der Waals surface area contributed by atoms with Crippen molar-refractivity contribution < 1.29 is 26.4 Å². The van der Waals surface area contributed by atoms with Gasteiger partial charge in [0.25, 0.3) is 5.91 Å². The Kier molecular flexibility index (Phi) is 7.81. The summed E-state index contributed by atoms with van der Waals surface area (Å²) in [6, 6.07) is 10.1. The quantitative estimate of drug-likeness (QED) is 0.633. The number of sulfone groups is 1. The number of nitrogens with zero attached hydrogens (tertiary/aromatic N) is 1. The van der Waals surface area contributed by atoms with E-state index in [1.165, 1.54) is 41.7 Å². The molecule has 0 aliphatic carbocycles. The van der Waals surface area contributed by atoms with E-state index in [-0.39, 0.29) is 21.1 Å². The molecule has 2 aromatic carbocycles. The van der Waals surface area contributed by atoms with Gasteiger partial charge in [-0.05, 0) is 55.7 Å². The Hall–Kier alpha value is -2.43. The van der Waals surface area contributed by atoms with Crippen molar-refractivity contribution in [2.24, 2.45) is 0 Å². The number of carbonyl (C=O) groups is 1. The lowest BCUT2D eigenvalue weighted by atomic mass is 10.1. The molecule has 0 aromatic heterocycles. The Morgan fingerprint density at radius 3 is 2.06 bits per heavy atom. The maximum Gasteiger partial charge on any atom is 0.255 e. The Bertz CT molecular complexity index is 1200. The minimum absolute atomic E-state index is 0.0560. The molecule has 1 heterocycles. The van der Waals surface area contributed by atoms with Crippen molar-refractivity contribution in [2.75, 3.05) is 26.5 Å². The van der Waals surface area contributed by atoms with Crippen molar-refractivity contribution in [1.29, 1.82) is 0 Å². The highest BCUT2D eigenvalue weighted by molar-refractivity contribution is 7.90. The Morgan fingerprint density at radius 2 is 1.52 bits per heavy atom. The van der Waals surface area contributed by atoms with Gasteiger partial charge >= 0.3 is 0 Å². The van der Waals surface area contributed by atoms with Gasteiger partial charge in [-0.3, -0.25) is 4.79 Å². The first-order chi connectivity index (χ1) is 15.5. The average Bonchev–Trinajstić information content (AvgIpc) is 3.08. The number of hydrogen-bond acceptors (Lipinski definition) is 6. The van der Waals surface area contributed by atoms with Gasteiger partial charge in [-0.1, -0.05) is 25.0 Å². The zero-order chi connectivity index (χ0) is 24.2. The third kappa shape index (κ3) is 5.93. The third-order valence-corrected chi connectivity index (χ3v) is 8.80. The number of methoxy groups -OCH3 is 1. The molecule has 33 heavy (non-hydrogen) atoms. The fraction of sp³-hybridized carbons (Fsp3) is 0.435. The number of sulfonamides is 1.